The summed E-state index contributed by atoms with van der Waals surface area (Å²) in [7, 11) is -2.24. The van der Waals surface area contributed by atoms with Crippen LogP contribution in [-0.2, 0) is 10.0 Å². The summed E-state index contributed by atoms with van der Waals surface area (Å²) in [6.45, 7) is 5.32. The molecule has 0 amide bonds. The fraction of sp³-hybridized carbons (Fsp3) is 0.450. The topological polar surface area (TPSA) is 125 Å². The molecule has 1 N–H and O–H groups in total. The number of ether oxygens (including phenoxy) is 1. The van der Waals surface area contributed by atoms with Gasteiger partial charge in [0.05, 0.1) is 12.4 Å². The van der Waals surface area contributed by atoms with Gasteiger partial charge >= 0.3 is 0 Å². The van der Waals surface area contributed by atoms with E-state index in [1.807, 2.05) is 13.0 Å². The molecule has 11 heteroatoms. The molecule has 2 unspecified atom stereocenters. The second-order valence-electron chi connectivity index (χ2n) is 7.77. The van der Waals surface area contributed by atoms with Crippen molar-refractivity contribution in [2.75, 3.05) is 11.8 Å². The first kappa shape index (κ1) is 21.2. The van der Waals surface area contributed by atoms with Crippen LogP contribution in [0, 0.1) is 6.92 Å². The van der Waals surface area contributed by atoms with Gasteiger partial charge in [0.15, 0.2) is 5.82 Å². The Morgan fingerprint density at radius 1 is 1.16 bits per heavy atom. The summed E-state index contributed by atoms with van der Waals surface area (Å²) >= 11 is 0. The van der Waals surface area contributed by atoms with Crippen LogP contribution in [-0.4, -0.2) is 50.5 Å². The maximum absolute atomic E-state index is 13.1. The van der Waals surface area contributed by atoms with Crippen LogP contribution in [0.4, 0.5) is 5.95 Å². The Morgan fingerprint density at radius 2 is 1.87 bits per heavy atom. The predicted molar refractivity (Wildman–Crippen MR) is 115 cm³/mol. The molecular weight excluding hydrogens is 418 g/mol. The number of aryl methyl sites for hydroxylation is 1. The highest BCUT2D eigenvalue weighted by Gasteiger charge is 2.35. The minimum atomic E-state index is -3.78. The Bertz CT molecular complexity index is 1170. The largest absolute Gasteiger partial charge is 0.481 e. The number of hydrogen-bond acceptors (Lipinski definition) is 8. The van der Waals surface area contributed by atoms with E-state index < -0.39 is 21.2 Å². The Labute approximate surface area is 181 Å². The van der Waals surface area contributed by atoms with E-state index in [0.717, 1.165) is 18.4 Å². The van der Waals surface area contributed by atoms with E-state index >= 15 is 0 Å². The van der Waals surface area contributed by atoms with Gasteiger partial charge in [-0.15, -0.1) is 10.2 Å². The van der Waals surface area contributed by atoms with Crippen LogP contribution in [0.3, 0.4) is 0 Å². The van der Waals surface area contributed by atoms with E-state index in [1.165, 1.54) is 7.11 Å². The first-order valence-corrected chi connectivity index (χ1v) is 11.6. The fourth-order valence-electron chi connectivity index (χ4n) is 3.20. The number of aromatic nitrogens is 6. The van der Waals surface area contributed by atoms with Crippen molar-refractivity contribution in [3.8, 4) is 17.4 Å². The highest BCUT2D eigenvalue weighted by molar-refractivity contribution is 7.93. The Balaban J connectivity index is 1.62. The van der Waals surface area contributed by atoms with Crippen LogP contribution in [0.1, 0.15) is 50.0 Å². The maximum Gasteiger partial charge on any atom is 0.238 e. The van der Waals surface area contributed by atoms with E-state index in [0.29, 0.717) is 23.2 Å². The van der Waals surface area contributed by atoms with Crippen LogP contribution < -0.4 is 9.46 Å². The average Bonchev–Trinajstić information content (AvgIpc) is 3.53. The molecule has 0 aliphatic heterocycles. The summed E-state index contributed by atoms with van der Waals surface area (Å²) in [6, 6.07) is 5.47. The molecule has 1 aliphatic rings. The maximum atomic E-state index is 13.1. The van der Waals surface area contributed by atoms with Crippen molar-refractivity contribution in [3.63, 3.8) is 0 Å². The average molecular weight is 444 g/mol. The quantitative estimate of drug-likeness (QED) is 0.563. The van der Waals surface area contributed by atoms with Crippen molar-refractivity contribution in [2.24, 2.45) is 0 Å². The molecule has 1 aliphatic carbocycles. The van der Waals surface area contributed by atoms with Crippen molar-refractivity contribution in [3.05, 3.63) is 42.0 Å². The summed E-state index contributed by atoms with van der Waals surface area (Å²) in [5, 5.41) is 7.57. The Morgan fingerprint density at radius 3 is 2.52 bits per heavy atom. The van der Waals surface area contributed by atoms with Gasteiger partial charge in [-0.1, -0.05) is 13.0 Å². The lowest BCUT2D eigenvalue weighted by Crippen LogP contribution is -2.31. The molecule has 0 aromatic carbocycles. The predicted octanol–water partition coefficient (Wildman–Crippen LogP) is 2.72. The molecule has 1 saturated carbocycles. The zero-order valence-corrected chi connectivity index (χ0v) is 18.7. The summed E-state index contributed by atoms with van der Waals surface area (Å²) < 4.78 is 35.9. The molecule has 164 valence electrons. The smallest absolute Gasteiger partial charge is 0.238 e. The molecule has 31 heavy (non-hydrogen) atoms. The van der Waals surface area contributed by atoms with Crippen molar-refractivity contribution in [1.29, 1.82) is 0 Å². The number of nitrogens with zero attached hydrogens (tertiary/aromatic N) is 6. The molecule has 4 rings (SSSR count). The third-order valence-electron chi connectivity index (χ3n) is 5.40. The van der Waals surface area contributed by atoms with Crippen LogP contribution in [0.2, 0.25) is 0 Å². The van der Waals surface area contributed by atoms with Gasteiger partial charge in [-0.3, -0.25) is 9.29 Å². The lowest BCUT2D eigenvalue weighted by atomic mass is 10.1. The van der Waals surface area contributed by atoms with E-state index in [-0.39, 0.29) is 12.0 Å². The number of hydrogen-bond donors (Lipinski definition) is 1. The van der Waals surface area contributed by atoms with Gasteiger partial charge < -0.3 is 4.74 Å². The van der Waals surface area contributed by atoms with Crippen molar-refractivity contribution in [1.82, 2.24) is 29.7 Å². The molecule has 0 radical (unpaired) electrons. The molecule has 10 nitrogen and oxygen atoms in total. The minimum Gasteiger partial charge on any atom is -0.481 e. The molecular formula is C20H25N7O3S. The molecule has 0 saturated heterocycles. The number of pyridine rings is 1. The highest BCUT2D eigenvalue weighted by atomic mass is 32.2. The Kier molecular flexibility index (Phi) is 5.61. The molecule has 0 spiro atoms. The van der Waals surface area contributed by atoms with Gasteiger partial charge in [0.2, 0.25) is 21.9 Å². The number of anilines is 1. The van der Waals surface area contributed by atoms with Crippen molar-refractivity contribution < 1.29 is 13.2 Å². The first-order chi connectivity index (χ1) is 14.8. The molecule has 2 atom stereocenters. The van der Waals surface area contributed by atoms with E-state index in [2.05, 4.69) is 29.9 Å². The third-order valence-corrected chi connectivity index (χ3v) is 7.26. The normalized spacial score (nSPS) is 16.0. The Hall–Kier alpha value is -3.08. The number of rotatable bonds is 8. The van der Waals surface area contributed by atoms with Crippen LogP contribution in [0.25, 0.3) is 11.5 Å². The number of methoxy groups -OCH3 is 1. The highest BCUT2D eigenvalue weighted by Crippen LogP contribution is 2.40. The minimum absolute atomic E-state index is 0.129. The SMILES string of the molecule is COc1cccc(-c2nnc(NS(=O)(=O)C(C)C(C)c3ncc(C)cn3)n2C2CC2)n1. The third kappa shape index (κ3) is 4.36. The molecule has 0 bridgehead atoms. The monoisotopic (exact) mass is 443 g/mol. The van der Waals surface area contributed by atoms with Crippen molar-refractivity contribution in [2.45, 2.75) is 50.8 Å². The zero-order chi connectivity index (χ0) is 22.2. The summed E-state index contributed by atoms with van der Waals surface area (Å²) in [6.07, 6.45) is 5.21. The zero-order valence-electron chi connectivity index (χ0n) is 17.8. The van der Waals surface area contributed by atoms with Gasteiger partial charge in [0.25, 0.3) is 0 Å². The second kappa shape index (κ2) is 8.22. The standard InChI is InChI=1S/C20H25N7O3S/c1-12-10-21-18(22-11-12)13(2)14(3)31(28,29)26-20-25-24-19(27(20)15-8-9-15)16-6-5-7-17(23-16)30-4/h5-7,10-11,13-15H,8-9H2,1-4H3,(H,25,26). The number of sulfonamides is 1. The van der Waals surface area contributed by atoms with Gasteiger partial charge in [0, 0.05) is 30.4 Å². The lowest BCUT2D eigenvalue weighted by molar-refractivity contribution is 0.398. The van der Waals surface area contributed by atoms with Crippen LogP contribution in [0.15, 0.2) is 30.6 Å². The van der Waals surface area contributed by atoms with E-state index in [1.54, 1.807) is 42.9 Å². The van der Waals surface area contributed by atoms with Gasteiger partial charge in [0.1, 0.15) is 11.5 Å². The fourth-order valence-corrected chi connectivity index (χ4v) is 4.44. The van der Waals surface area contributed by atoms with Crippen LogP contribution >= 0.6 is 0 Å². The van der Waals surface area contributed by atoms with E-state index in [9.17, 15) is 8.42 Å². The molecule has 1 fully saturated rings. The van der Waals surface area contributed by atoms with Gasteiger partial charge in [-0.25, -0.2) is 23.4 Å². The van der Waals surface area contributed by atoms with Gasteiger partial charge in [-0.05, 0) is 38.3 Å². The molecule has 3 aromatic heterocycles. The number of nitrogens with one attached hydrogen (secondary N) is 1. The summed E-state index contributed by atoms with van der Waals surface area (Å²) in [4.78, 5) is 13.0. The molecule has 3 heterocycles. The molecule has 3 aromatic rings. The summed E-state index contributed by atoms with van der Waals surface area (Å²) in [5.41, 5.74) is 1.49. The second-order valence-corrected chi connectivity index (χ2v) is 9.81. The van der Waals surface area contributed by atoms with Gasteiger partial charge in [-0.2, -0.15) is 0 Å². The first-order valence-electron chi connectivity index (χ1n) is 10.1. The lowest BCUT2D eigenvalue weighted by Gasteiger charge is -2.20. The summed E-state index contributed by atoms with van der Waals surface area (Å²) in [5.74, 6) is 1.21. The van der Waals surface area contributed by atoms with E-state index in [4.69, 9.17) is 4.74 Å². The van der Waals surface area contributed by atoms with Crippen LogP contribution in [0.5, 0.6) is 5.88 Å². The van der Waals surface area contributed by atoms with Crippen molar-refractivity contribution >= 4 is 16.0 Å².